The molecule has 2 aliphatic rings. The second-order valence-corrected chi connectivity index (χ2v) is 6.26. The first kappa shape index (κ1) is 16.8. The number of carbonyl (C=O) groups excluding carboxylic acids is 3. The molecule has 0 radical (unpaired) electrons. The molecule has 0 bridgehead atoms. The van der Waals surface area contributed by atoms with Crippen LogP contribution in [0.3, 0.4) is 0 Å². The summed E-state index contributed by atoms with van der Waals surface area (Å²) in [6.07, 6.45) is 5.75. The van der Waals surface area contributed by atoms with Crippen LogP contribution in [0.1, 0.15) is 51.9 Å². The third-order valence-corrected chi connectivity index (χ3v) is 4.44. The van der Waals surface area contributed by atoms with Gasteiger partial charge in [0.05, 0.1) is 0 Å². The van der Waals surface area contributed by atoms with Crippen molar-refractivity contribution in [3.05, 3.63) is 0 Å². The maximum atomic E-state index is 12.2. The van der Waals surface area contributed by atoms with Gasteiger partial charge in [-0.25, -0.2) is 0 Å². The van der Waals surface area contributed by atoms with Crippen molar-refractivity contribution in [3.8, 4) is 0 Å². The smallest absolute Gasteiger partial charge is 0.244 e. The molecular weight excluding hydrogens is 282 g/mol. The van der Waals surface area contributed by atoms with Gasteiger partial charge < -0.3 is 15.1 Å². The van der Waals surface area contributed by atoms with Crippen molar-refractivity contribution in [2.45, 2.75) is 57.9 Å². The minimum atomic E-state index is -0.507. The zero-order valence-corrected chi connectivity index (χ0v) is 13.5. The molecule has 2 rings (SSSR count). The van der Waals surface area contributed by atoms with E-state index in [0.29, 0.717) is 0 Å². The first-order valence-corrected chi connectivity index (χ1v) is 8.44. The first-order chi connectivity index (χ1) is 10.6. The molecule has 0 aromatic rings. The Morgan fingerprint density at radius 3 is 2.05 bits per heavy atom. The standard InChI is InChI=1S/C16H27N3O3/c1-13(16(22)19-11-3-2-4-12-19)17-14(20)7-8-15(21)18-9-5-6-10-18/h13H,2-12H2,1H3,(H,17,20). The Morgan fingerprint density at radius 2 is 1.41 bits per heavy atom. The number of hydrogen-bond donors (Lipinski definition) is 1. The van der Waals surface area contributed by atoms with Crippen LogP contribution in [0.2, 0.25) is 0 Å². The number of amides is 3. The van der Waals surface area contributed by atoms with Crippen molar-refractivity contribution in [2.75, 3.05) is 26.2 Å². The number of rotatable bonds is 5. The normalized spacial score (nSPS) is 19.9. The van der Waals surface area contributed by atoms with Crippen molar-refractivity contribution >= 4 is 17.7 Å². The van der Waals surface area contributed by atoms with Gasteiger partial charge in [-0.05, 0) is 39.0 Å². The Morgan fingerprint density at radius 1 is 0.864 bits per heavy atom. The zero-order valence-electron chi connectivity index (χ0n) is 13.5. The Labute approximate surface area is 132 Å². The molecule has 0 spiro atoms. The van der Waals surface area contributed by atoms with Crippen LogP contribution in [-0.4, -0.2) is 59.7 Å². The van der Waals surface area contributed by atoms with Gasteiger partial charge in [-0.3, -0.25) is 14.4 Å². The molecule has 2 saturated heterocycles. The summed E-state index contributed by atoms with van der Waals surface area (Å²) in [4.78, 5) is 39.7. The van der Waals surface area contributed by atoms with Crippen molar-refractivity contribution in [1.29, 1.82) is 0 Å². The Kier molecular flexibility index (Phi) is 6.21. The van der Waals surface area contributed by atoms with Crippen LogP contribution in [0.4, 0.5) is 0 Å². The number of hydrogen-bond acceptors (Lipinski definition) is 3. The molecule has 22 heavy (non-hydrogen) atoms. The second kappa shape index (κ2) is 8.15. The molecule has 124 valence electrons. The van der Waals surface area contributed by atoms with E-state index in [4.69, 9.17) is 0 Å². The highest BCUT2D eigenvalue weighted by Gasteiger charge is 2.24. The van der Waals surface area contributed by atoms with Crippen LogP contribution < -0.4 is 5.32 Å². The molecule has 0 aromatic heterocycles. The topological polar surface area (TPSA) is 69.7 Å². The number of piperidine rings is 1. The van der Waals surface area contributed by atoms with Gasteiger partial charge in [-0.1, -0.05) is 0 Å². The molecule has 0 aromatic carbocycles. The molecule has 2 fully saturated rings. The highest BCUT2D eigenvalue weighted by molar-refractivity contribution is 5.89. The average molecular weight is 309 g/mol. The number of carbonyl (C=O) groups is 3. The van der Waals surface area contributed by atoms with E-state index < -0.39 is 6.04 Å². The Balaban J connectivity index is 1.69. The number of likely N-dealkylation sites (tertiary alicyclic amines) is 2. The maximum Gasteiger partial charge on any atom is 0.244 e. The SMILES string of the molecule is CC(NC(=O)CCC(=O)N1CCCC1)C(=O)N1CCCCC1. The van der Waals surface area contributed by atoms with Gasteiger partial charge in [0.25, 0.3) is 0 Å². The fourth-order valence-electron chi connectivity index (χ4n) is 3.11. The van der Waals surface area contributed by atoms with E-state index in [1.807, 2.05) is 9.80 Å². The maximum absolute atomic E-state index is 12.2. The first-order valence-electron chi connectivity index (χ1n) is 8.44. The third-order valence-electron chi connectivity index (χ3n) is 4.44. The summed E-state index contributed by atoms with van der Waals surface area (Å²) >= 11 is 0. The van der Waals surface area contributed by atoms with Gasteiger partial charge in [-0.2, -0.15) is 0 Å². The van der Waals surface area contributed by atoms with Crippen LogP contribution in [0.15, 0.2) is 0 Å². The van der Waals surface area contributed by atoms with Gasteiger partial charge >= 0.3 is 0 Å². The van der Waals surface area contributed by atoms with Gasteiger partial charge in [0.2, 0.25) is 17.7 Å². The summed E-state index contributed by atoms with van der Waals surface area (Å²) < 4.78 is 0. The van der Waals surface area contributed by atoms with E-state index in [1.54, 1.807) is 6.92 Å². The lowest BCUT2D eigenvalue weighted by Crippen LogP contribution is -2.48. The van der Waals surface area contributed by atoms with Crippen molar-refractivity contribution < 1.29 is 14.4 Å². The molecule has 1 unspecified atom stereocenters. The molecule has 1 atom stereocenters. The Hall–Kier alpha value is -1.59. The molecule has 6 nitrogen and oxygen atoms in total. The summed E-state index contributed by atoms with van der Waals surface area (Å²) in [5, 5.41) is 2.72. The summed E-state index contributed by atoms with van der Waals surface area (Å²) in [6.45, 7) is 4.91. The van der Waals surface area contributed by atoms with Crippen LogP contribution in [0, 0.1) is 0 Å². The second-order valence-electron chi connectivity index (χ2n) is 6.26. The van der Waals surface area contributed by atoms with Crippen LogP contribution in [0.5, 0.6) is 0 Å². The van der Waals surface area contributed by atoms with Gasteiger partial charge in [-0.15, -0.1) is 0 Å². The van der Waals surface area contributed by atoms with E-state index in [9.17, 15) is 14.4 Å². The van der Waals surface area contributed by atoms with Crippen molar-refractivity contribution in [1.82, 2.24) is 15.1 Å². The molecule has 0 saturated carbocycles. The molecule has 0 aliphatic carbocycles. The molecule has 6 heteroatoms. The zero-order chi connectivity index (χ0) is 15.9. The molecule has 2 aliphatic heterocycles. The van der Waals surface area contributed by atoms with Crippen LogP contribution in [-0.2, 0) is 14.4 Å². The molecule has 3 amide bonds. The van der Waals surface area contributed by atoms with E-state index >= 15 is 0 Å². The van der Waals surface area contributed by atoms with Gasteiger partial charge in [0.1, 0.15) is 6.04 Å². The largest absolute Gasteiger partial charge is 0.345 e. The van der Waals surface area contributed by atoms with Gasteiger partial charge in [0.15, 0.2) is 0 Å². The lowest BCUT2D eigenvalue weighted by Gasteiger charge is -2.29. The highest BCUT2D eigenvalue weighted by atomic mass is 16.2. The molecule has 1 N–H and O–H groups in total. The number of nitrogens with one attached hydrogen (secondary N) is 1. The highest BCUT2D eigenvalue weighted by Crippen LogP contribution is 2.11. The Bertz CT molecular complexity index is 413. The van der Waals surface area contributed by atoms with Crippen molar-refractivity contribution in [2.24, 2.45) is 0 Å². The summed E-state index contributed by atoms with van der Waals surface area (Å²) in [5.41, 5.74) is 0. The summed E-state index contributed by atoms with van der Waals surface area (Å²) in [7, 11) is 0. The molecular formula is C16H27N3O3. The quantitative estimate of drug-likeness (QED) is 0.820. The minimum Gasteiger partial charge on any atom is -0.345 e. The monoisotopic (exact) mass is 309 g/mol. The predicted molar refractivity (Wildman–Crippen MR) is 83.1 cm³/mol. The van der Waals surface area contributed by atoms with E-state index in [-0.39, 0.29) is 30.6 Å². The third kappa shape index (κ3) is 4.71. The molecule has 2 heterocycles. The predicted octanol–water partition coefficient (Wildman–Crippen LogP) is 0.906. The lowest BCUT2D eigenvalue weighted by molar-refractivity contribution is -0.137. The van der Waals surface area contributed by atoms with Gasteiger partial charge in [0, 0.05) is 39.0 Å². The van der Waals surface area contributed by atoms with Crippen LogP contribution in [0.25, 0.3) is 0 Å². The fraction of sp³-hybridized carbons (Fsp3) is 0.812. The van der Waals surface area contributed by atoms with Crippen LogP contribution >= 0.6 is 0 Å². The van der Waals surface area contributed by atoms with E-state index in [1.165, 1.54) is 6.42 Å². The fourth-order valence-corrected chi connectivity index (χ4v) is 3.11. The minimum absolute atomic E-state index is 0.0149. The summed E-state index contributed by atoms with van der Waals surface area (Å²) in [6, 6.07) is -0.507. The summed E-state index contributed by atoms with van der Waals surface area (Å²) in [5.74, 6) is -0.188. The van der Waals surface area contributed by atoms with E-state index in [0.717, 1.165) is 51.9 Å². The lowest BCUT2D eigenvalue weighted by atomic mass is 10.1. The van der Waals surface area contributed by atoms with E-state index in [2.05, 4.69) is 5.32 Å². The van der Waals surface area contributed by atoms with Crippen molar-refractivity contribution in [3.63, 3.8) is 0 Å². The average Bonchev–Trinajstić information content (AvgIpc) is 3.07. The number of nitrogens with zero attached hydrogens (tertiary/aromatic N) is 2.